The van der Waals surface area contributed by atoms with Gasteiger partial charge in [-0.3, -0.25) is 5.21 Å². The Morgan fingerprint density at radius 2 is 1.62 bits per heavy atom. The molecule has 6 nitrogen and oxygen atoms in total. The number of nitrogens with two attached hydrogens (primary N) is 1. The first-order chi connectivity index (χ1) is 13.3. The molecule has 0 saturated carbocycles. The number of rotatable bonds is 6. The van der Waals surface area contributed by atoms with Gasteiger partial charge in [-0.1, -0.05) is 62.7 Å². The second kappa shape index (κ2) is 8.87. The molecule has 0 amide bonds. The van der Waals surface area contributed by atoms with Crippen molar-refractivity contribution in [2.75, 3.05) is 10.7 Å². The van der Waals surface area contributed by atoms with E-state index in [9.17, 15) is 13.6 Å². The lowest BCUT2D eigenvalue weighted by Gasteiger charge is -2.25. The van der Waals surface area contributed by atoms with Crippen LogP contribution in [-0.4, -0.2) is 29.9 Å². The molecule has 0 aliphatic heterocycles. The van der Waals surface area contributed by atoms with Gasteiger partial charge < -0.3 is 10.6 Å². The van der Waals surface area contributed by atoms with Crippen LogP contribution in [0, 0.1) is 0 Å². The van der Waals surface area contributed by atoms with Crippen LogP contribution in [-0.2, 0) is 28.5 Å². The third-order valence-corrected chi connectivity index (χ3v) is 5.80. The van der Waals surface area contributed by atoms with Gasteiger partial charge in [0, 0.05) is 13.1 Å². The maximum Gasteiger partial charge on any atom is 0.254 e. The third kappa shape index (κ3) is 6.30. The topological polar surface area (TPSA) is 86.9 Å². The van der Waals surface area contributed by atoms with Crippen molar-refractivity contribution in [3.63, 3.8) is 0 Å². The first-order valence-electron chi connectivity index (χ1n) is 8.90. The van der Waals surface area contributed by atoms with E-state index in [4.69, 9.17) is 29.6 Å². The fourth-order valence-corrected chi connectivity index (χ4v) is 3.72. The second-order valence-corrected chi connectivity index (χ2v) is 10.6. The minimum atomic E-state index is -3.83. The lowest BCUT2D eigenvalue weighted by molar-refractivity contribution is 0.317. The largest absolute Gasteiger partial charge is 0.376 e. The number of benzene rings is 2. The molecule has 2 aromatic carbocycles. The van der Waals surface area contributed by atoms with Crippen LogP contribution >= 0.6 is 23.8 Å². The van der Waals surface area contributed by atoms with Gasteiger partial charge in [-0.05, 0) is 46.5 Å². The number of halogens is 1. The van der Waals surface area contributed by atoms with E-state index in [1.807, 2.05) is 4.90 Å². The van der Waals surface area contributed by atoms with Crippen LogP contribution in [0.15, 0.2) is 42.5 Å². The second-order valence-electron chi connectivity index (χ2n) is 7.93. The molecule has 29 heavy (non-hydrogen) atoms. The third-order valence-electron chi connectivity index (χ3n) is 4.41. The first-order valence-corrected chi connectivity index (χ1v) is 11.5. The molecule has 0 bridgehead atoms. The number of hydrogen-bond acceptors (Lipinski definition) is 4. The van der Waals surface area contributed by atoms with Gasteiger partial charge in [0.25, 0.3) is 10.0 Å². The van der Waals surface area contributed by atoms with Crippen molar-refractivity contribution in [3.05, 3.63) is 64.2 Å². The van der Waals surface area contributed by atoms with Gasteiger partial charge in [0.05, 0.1) is 17.0 Å². The van der Waals surface area contributed by atoms with E-state index in [1.54, 1.807) is 12.1 Å². The Bertz CT molecular complexity index is 987. The number of sulfonamides is 1. The highest BCUT2D eigenvalue weighted by Gasteiger charge is 2.19. The van der Waals surface area contributed by atoms with Crippen molar-refractivity contribution in [3.8, 4) is 0 Å². The minimum Gasteiger partial charge on any atom is -0.376 e. The number of nitrogens with zero attached hydrogens (tertiary/aromatic N) is 2. The van der Waals surface area contributed by atoms with E-state index in [-0.39, 0.29) is 25.7 Å². The lowest BCUT2D eigenvalue weighted by Crippen LogP contribution is -2.34. The Balaban J connectivity index is 2.19. The predicted molar refractivity (Wildman–Crippen MR) is 122 cm³/mol. The minimum absolute atomic E-state index is 0.0161. The molecular formula is C20H26ClN3O3S2. The summed E-state index contributed by atoms with van der Waals surface area (Å²) in [6.45, 7) is 7.39. The molecule has 0 aliphatic rings. The molecule has 2 aromatic rings. The summed E-state index contributed by atoms with van der Waals surface area (Å²) in [7, 11) is -3.83. The van der Waals surface area contributed by atoms with Gasteiger partial charge in [-0.2, -0.15) is 0 Å². The van der Waals surface area contributed by atoms with Crippen molar-refractivity contribution in [1.29, 1.82) is 0 Å². The standard InChI is InChI=1S/C20H26ClN3O3S2/c1-20(2,3)16-8-5-14(6-9-16)12-23(19(22)28)13-15-7-10-18(17(21)11-15)24(25)29(4,26)27/h5-11,25H,12-13H2,1-4H3,(H2,22,28). The van der Waals surface area contributed by atoms with E-state index in [1.165, 1.54) is 11.6 Å². The Morgan fingerprint density at radius 3 is 2.07 bits per heavy atom. The van der Waals surface area contributed by atoms with Crippen LogP contribution < -0.4 is 10.2 Å². The van der Waals surface area contributed by atoms with Crippen LogP contribution in [0.1, 0.15) is 37.5 Å². The molecule has 3 N–H and O–H groups in total. The summed E-state index contributed by atoms with van der Waals surface area (Å²) >= 11 is 11.4. The summed E-state index contributed by atoms with van der Waals surface area (Å²) in [5.74, 6) is 0. The molecule has 0 aliphatic carbocycles. The summed E-state index contributed by atoms with van der Waals surface area (Å²) in [5.41, 5.74) is 9.04. The smallest absolute Gasteiger partial charge is 0.254 e. The fraction of sp³-hybridized carbons (Fsp3) is 0.350. The normalized spacial score (nSPS) is 11.9. The molecule has 0 atom stereocenters. The van der Waals surface area contributed by atoms with Crippen LogP contribution in [0.5, 0.6) is 0 Å². The molecule has 0 radical (unpaired) electrons. The van der Waals surface area contributed by atoms with E-state index in [2.05, 4.69) is 45.0 Å². The predicted octanol–water partition coefficient (Wildman–Crippen LogP) is 4.04. The van der Waals surface area contributed by atoms with E-state index < -0.39 is 10.0 Å². The van der Waals surface area contributed by atoms with Gasteiger partial charge in [-0.25, -0.2) is 8.42 Å². The summed E-state index contributed by atoms with van der Waals surface area (Å²) in [6.07, 6.45) is 0.886. The highest BCUT2D eigenvalue weighted by atomic mass is 35.5. The van der Waals surface area contributed by atoms with E-state index in [0.717, 1.165) is 17.4 Å². The van der Waals surface area contributed by atoms with Gasteiger partial charge in [0.15, 0.2) is 5.11 Å². The summed E-state index contributed by atoms with van der Waals surface area (Å²) in [5, 5.41) is 10.1. The van der Waals surface area contributed by atoms with Gasteiger partial charge in [-0.15, -0.1) is 4.47 Å². The average Bonchev–Trinajstić information content (AvgIpc) is 2.59. The van der Waals surface area contributed by atoms with Gasteiger partial charge in [0.1, 0.15) is 0 Å². The molecule has 9 heteroatoms. The Kier molecular flexibility index (Phi) is 7.16. The molecule has 0 unspecified atom stereocenters. The van der Waals surface area contributed by atoms with Crippen molar-refractivity contribution < 1.29 is 13.6 Å². The summed E-state index contributed by atoms with van der Waals surface area (Å²) in [6, 6.07) is 13.0. The van der Waals surface area contributed by atoms with Crippen molar-refractivity contribution in [2.45, 2.75) is 39.3 Å². The fourth-order valence-electron chi connectivity index (χ4n) is 2.75. The molecular weight excluding hydrogens is 430 g/mol. The number of hydrogen-bond donors (Lipinski definition) is 2. The molecule has 0 aromatic heterocycles. The van der Waals surface area contributed by atoms with Crippen LogP contribution in [0.2, 0.25) is 5.02 Å². The molecule has 0 fully saturated rings. The SMILES string of the molecule is CC(C)(C)c1ccc(CN(Cc2ccc(N(O)S(C)(=O)=O)c(Cl)c2)C(N)=S)cc1. The van der Waals surface area contributed by atoms with Gasteiger partial charge in [0.2, 0.25) is 0 Å². The highest BCUT2D eigenvalue weighted by molar-refractivity contribution is 7.91. The highest BCUT2D eigenvalue weighted by Crippen LogP contribution is 2.28. The zero-order valence-corrected chi connectivity index (χ0v) is 19.3. The first kappa shape index (κ1) is 23.4. The quantitative estimate of drug-likeness (QED) is 0.505. The van der Waals surface area contributed by atoms with Crippen LogP contribution in [0.25, 0.3) is 0 Å². The van der Waals surface area contributed by atoms with Crippen LogP contribution in [0.3, 0.4) is 0 Å². The Labute approximate surface area is 182 Å². The van der Waals surface area contributed by atoms with Crippen molar-refractivity contribution >= 4 is 44.6 Å². The zero-order chi connectivity index (χ0) is 22.0. The average molecular weight is 456 g/mol. The number of thiocarbonyl (C=S) groups is 1. The molecule has 158 valence electrons. The Hall–Kier alpha value is -1.87. The van der Waals surface area contributed by atoms with Crippen molar-refractivity contribution in [2.24, 2.45) is 5.73 Å². The Morgan fingerprint density at radius 1 is 1.10 bits per heavy atom. The van der Waals surface area contributed by atoms with E-state index in [0.29, 0.717) is 13.1 Å². The summed E-state index contributed by atoms with van der Waals surface area (Å²) < 4.78 is 23.2. The van der Waals surface area contributed by atoms with Crippen molar-refractivity contribution in [1.82, 2.24) is 4.90 Å². The maximum atomic E-state index is 11.5. The number of anilines is 1. The molecule has 0 saturated heterocycles. The maximum absolute atomic E-state index is 11.5. The zero-order valence-electron chi connectivity index (χ0n) is 16.9. The monoisotopic (exact) mass is 455 g/mol. The lowest BCUT2D eigenvalue weighted by atomic mass is 9.87. The van der Waals surface area contributed by atoms with Crippen LogP contribution in [0.4, 0.5) is 5.69 Å². The molecule has 0 spiro atoms. The molecule has 0 heterocycles. The molecule has 2 rings (SSSR count). The van der Waals surface area contributed by atoms with Gasteiger partial charge >= 0.3 is 0 Å². The summed E-state index contributed by atoms with van der Waals surface area (Å²) in [4.78, 5) is 1.82. The van der Waals surface area contributed by atoms with E-state index >= 15 is 0 Å².